The third-order valence-corrected chi connectivity index (χ3v) is 3.34. The highest BCUT2D eigenvalue weighted by molar-refractivity contribution is 7.09. The number of thiophene rings is 1. The minimum atomic E-state index is 0.325. The Morgan fingerprint density at radius 2 is 2.07 bits per heavy atom. The molecule has 1 N–H and O–H groups in total. The third kappa shape index (κ3) is 1.59. The SMILES string of the molecule is C1=Cc2ccccc2NB1c1ccsc1. The molecule has 0 fully saturated rings. The van der Waals surface area contributed by atoms with Gasteiger partial charge in [0, 0.05) is 5.69 Å². The van der Waals surface area contributed by atoms with Gasteiger partial charge in [0.05, 0.1) is 0 Å². The van der Waals surface area contributed by atoms with Gasteiger partial charge in [-0.3, -0.25) is 0 Å². The monoisotopic (exact) mass is 211 g/mol. The van der Waals surface area contributed by atoms with Crippen molar-refractivity contribution in [3.63, 3.8) is 0 Å². The van der Waals surface area contributed by atoms with E-state index in [1.807, 2.05) is 0 Å². The first-order chi connectivity index (χ1) is 7.43. The lowest BCUT2D eigenvalue weighted by molar-refractivity contribution is 1.60. The Hall–Kier alpha value is -1.48. The molecule has 15 heavy (non-hydrogen) atoms. The van der Waals surface area contributed by atoms with Crippen LogP contribution in [0.5, 0.6) is 0 Å². The Morgan fingerprint density at radius 3 is 2.93 bits per heavy atom. The van der Waals surface area contributed by atoms with Crippen LogP contribution in [0.4, 0.5) is 5.69 Å². The van der Waals surface area contributed by atoms with Crippen LogP contribution in [0.1, 0.15) is 5.56 Å². The van der Waals surface area contributed by atoms with E-state index in [4.69, 9.17) is 0 Å². The second kappa shape index (κ2) is 3.59. The van der Waals surface area contributed by atoms with E-state index in [0.29, 0.717) is 6.85 Å². The summed E-state index contributed by atoms with van der Waals surface area (Å²) >= 11 is 1.74. The maximum Gasteiger partial charge on any atom is 0.314 e. The summed E-state index contributed by atoms with van der Waals surface area (Å²) in [6.45, 7) is 0.325. The van der Waals surface area contributed by atoms with Gasteiger partial charge >= 0.3 is 6.85 Å². The summed E-state index contributed by atoms with van der Waals surface area (Å²) < 4.78 is 0. The average Bonchev–Trinajstić information content (AvgIpc) is 2.82. The van der Waals surface area contributed by atoms with Gasteiger partial charge in [-0.1, -0.05) is 36.3 Å². The topological polar surface area (TPSA) is 12.0 Å². The number of rotatable bonds is 1. The first-order valence-corrected chi connectivity index (χ1v) is 5.93. The maximum atomic E-state index is 3.52. The summed E-state index contributed by atoms with van der Waals surface area (Å²) in [6.07, 6.45) is 2.19. The smallest absolute Gasteiger partial charge is 0.314 e. The summed E-state index contributed by atoms with van der Waals surface area (Å²) in [4.78, 5) is 0. The van der Waals surface area contributed by atoms with Crippen LogP contribution in [0.25, 0.3) is 6.08 Å². The molecule has 0 bridgehead atoms. The standard InChI is InChI=1S/C12H10BNS/c1-2-4-12-10(3-1)5-7-13(14-12)11-6-8-15-9-11/h1-9,14H. The summed E-state index contributed by atoms with van der Waals surface area (Å²) in [5.41, 5.74) is 3.82. The number of hydrogen-bond donors (Lipinski definition) is 1. The molecular formula is C12H10BNS. The first kappa shape index (κ1) is 8.80. The predicted octanol–water partition coefficient (Wildman–Crippen LogP) is 2.62. The Balaban J connectivity index is 1.96. The lowest BCUT2D eigenvalue weighted by Gasteiger charge is -2.18. The third-order valence-electron chi connectivity index (χ3n) is 2.64. The molecule has 1 aliphatic heterocycles. The van der Waals surface area contributed by atoms with Crippen LogP contribution in [-0.4, -0.2) is 6.85 Å². The molecule has 0 aliphatic carbocycles. The molecule has 3 heteroatoms. The van der Waals surface area contributed by atoms with E-state index in [0.717, 1.165) is 0 Å². The minimum absolute atomic E-state index is 0.325. The summed E-state index contributed by atoms with van der Waals surface area (Å²) in [7, 11) is 0. The molecule has 0 saturated heterocycles. The molecule has 2 heterocycles. The number of para-hydroxylation sites is 1. The molecular weight excluding hydrogens is 201 g/mol. The molecule has 1 aromatic carbocycles. The van der Waals surface area contributed by atoms with Crippen LogP contribution in [-0.2, 0) is 0 Å². The van der Waals surface area contributed by atoms with Gasteiger partial charge in [-0.25, -0.2) is 0 Å². The number of benzene rings is 1. The molecule has 3 rings (SSSR count). The van der Waals surface area contributed by atoms with E-state index in [2.05, 4.69) is 58.4 Å². The zero-order valence-electron chi connectivity index (χ0n) is 8.18. The number of anilines is 1. The highest BCUT2D eigenvalue weighted by Crippen LogP contribution is 2.21. The summed E-state index contributed by atoms with van der Waals surface area (Å²) in [5.74, 6) is 2.21. The molecule has 0 unspecified atom stereocenters. The fourth-order valence-corrected chi connectivity index (χ4v) is 2.53. The van der Waals surface area contributed by atoms with Crippen molar-refractivity contribution in [1.29, 1.82) is 0 Å². The van der Waals surface area contributed by atoms with E-state index >= 15 is 0 Å². The molecule has 1 aliphatic rings. The van der Waals surface area contributed by atoms with Gasteiger partial charge in [0.25, 0.3) is 0 Å². The quantitative estimate of drug-likeness (QED) is 0.715. The molecule has 0 spiro atoms. The Kier molecular flexibility index (Phi) is 2.11. The molecule has 72 valence electrons. The van der Waals surface area contributed by atoms with Crippen molar-refractivity contribution in [3.05, 3.63) is 52.6 Å². The van der Waals surface area contributed by atoms with E-state index in [9.17, 15) is 0 Å². The largest absolute Gasteiger partial charge is 0.420 e. The summed E-state index contributed by atoms with van der Waals surface area (Å²) in [6, 6.07) is 10.5. The van der Waals surface area contributed by atoms with Crippen molar-refractivity contribution >= 4 is 35.4 Å². The van der Waals surface area contributed by atoms with E-state index in [-0.39, 0.29) is 0 Å². The fraction of sp³-hybridized carbons (Fsp3) is 0. The van der Waals surface area contributed by atoms with Crippen LogP contribution in [0.15, 0.2) is 47.1 Å². The molecule has 1 nitrogen and oxygen atoms in total. The highest BCUT2D eigenvalue weighted by Gasteiger charge is 2.18. The zero-order chi connectivity index (χ0) is 10.1. The van der Waals surface area contributed by atoms with Crippen LogP contribution in [0.2, 0.25) is 0 Å². The van der Waals surface area contributed by atoms with Gasteiger partial charge in [0.1, 0.15) is 0 Å². The number of nitrogens with one attached hydrogen (secondary N) is 1. The predicted molar refractivity (Wildman–Crippen MR) is 68.8 cm³/mol. The Bertz CT molecular complexity index is 490. The van der Waals surface area contributed by atoms with E-state index in [1.165, 1.54) is 16.7 Å². The first-order valence-electron chi connectivity index (χ1n) is 4.99. The van der Waals surface area contributed by atoms with Crippen LogP contribution in [0, 0.1) is 0 Å². The second-order valence-electron chi connectivity index (χ2n) is 3.63. The Labute approximate surface area is 93.6 Å². The fourth-order valence-electron chi connectivity index (χ4n) is 1.84. The van der Waals surface area contributed by atoms with Crippen LogP contribution < -0.4 is 10.7 Å². The van der Waals surface area contributed by atoms with Gasteiger partial charge in [0.15, 0.2) is 0 Å². The molecule has 1 aromatic heterocycles. The van der Waals surface area contributed by atoms with Gasteiger partial charge in [-0.2, -0.15) is 11.3 Å². The normalized spacial score (nSPS) is 13.5. The van der Waals surface area contributed by atoms with Crippen LogP contribution >= 0.6 is 11.3 Å². The van der Waals surface area contributed by atoms with Gasteiger partial charge in [-0.05, 0) is 27.9 Å². The van der Waals surface area contributed by atoms with Gasteiger partial charge < -0.3 is 5.23 Å². The number of fused-ring (bicyclic) bond motifs is 1. The van der Waals surface area contributed by atoms with Crippen molar-refractivity contribution in [2.75, 3.05) is 5.23 Å². The molecule has 0 radical (unpaired) electrons. The molecule has 0 atom stereocenters. The zero-order valence-corrected chi connectivity index (χ0v) is 9.00. The summed E-state index contributed by atoms with van der Waals surface area (Å²) in [5, 5.41) is 7.83. The van der Waals surface area contributed by atoms with E-state index in [1.54, 1.807) is 11.3 Å². The van der Waals surface area contributed by atoms with Gasteiger partial charge in [-0.15, -0.1) is 0 Å². The van der Waals surface area contributed by atoms with Crippen LogP contribution in [0.3, 0.4) is 0 Å². The van der Waals surface area contributed by atoms with Crippen molar-refractivity contribution in [2.24, 2.45) is 0 Å². The van der Waals surface area contributed by atoms with Gasteiger partial charge in [0.2, 0.25) is 0 Å². The Morgan fingerprint density at radius 1 is 1.13 bits per heavy atom. The second-order valence-corrected chi connectivity index (χ2v) is 4.41. The molecule has 0 saturated carbocycles. The average molecular weight is 211 g/mol. The molecule has 0 amide bonds. The van der Waals surface area contributed by atoms with Crippen molar-refractivity contribution < 1.29 is 0 Å². The lowest BCUT2D eigenvalue weighted by Crippen LogP contribution is -2.37. The van der Waals surface area contributed by atoms with Crippen molar-refractivity contribution in [3.8, 4) is 0 Å². The molecule has 2 aromatic rings. The highest BCUT2D eigenvalue weighted by atomic mass is 32.1. The van der Waals surface area contributed by atoms with Crippen molar-refractivity contribution in [2.45, 2.75) is 0 Å². The minimum Gasteiger partial charge on any atom is -0.420 e. The van der Waals surface area contributed by atoms with Crippen molar-refractivity contribution in [1.82, 2.24) is 0 Å². The lowest BCUT2D eigenvalue weighted by atomic mass is 9.55. The number of hydrogen-bond acceptors (Lipinski definition) is 2. The maximum absolute atomic E-state index is 3.52. The van der Waals surface area contributed by atoms with E-state index < -0.39 is 0 Å².